The summed E-state index contributed by atoms with van der Waals surface area (Å²) in [6.07, 6.45) is 3.47. The predicted molar refractivity (Wildman–Crippen MR) is 99.0 cm³/mol. The molecule has 25 heavy (non-hydrogen) atoms. The molecular formula is C20H15N3O2. The van der Waals surface area contributed by atoms with Crippen molar-refractivity contribution in [3.63, 3.8) is 0 Å². The van der Waals surface area contributed by atoms with Gasteiger partial charge in [-0.3, -0.25) is 4.79 Å². The summed E-state index contributed by atoms with van der Waals surface area (Å²) in [6.45, 7) is 0. The van der Waals surface area contributed by atoms with Crippen molar-refractivity contribution in [2.24, 2.45) is 5.10 Å². The van der Waals surface area contributed by atoms with Crippen LogP contribution in [0, 0.1) is 0 Å². The largest absolute Gasteiger partial charge is 0.508 e. The molecule has 0 saturated heterocycles. The summed E-state index contributed by atoms with van der Waals surface area (Å²) in [4.78, 5) is 15.3. The molecule has 0 atom stereocenters. The first kappa shape index (κ1) is 15.0. The monoisotopic (exact) mass is 329 g/mol. The van der Waals surface area contributed by atoms with Gasteiger partial charge in [0.2, 0.25) is 0 Å². The first-order valence-corrected chi connectivity index (χ1v) is 7.83. The number of aromatic amines is 1. The van der Waals surface area contributed by atoms with Crippen molar-refractivity contribution in [2.75, 3.05) is 0 Å². The summed E-state index contributed by atoms with van der Waals surface area (Å²) in [5, 5.41) is 16.8. The van der Waals surface area contributed by atoms with Crippen molar-refractivity contribution in [3.05, 3.63) is 78.0 Å². The minimum atomic E-state index is -0.377. The van der Waals surface area contributed by atoms with E-state index in [2.05, 4.69) is 33.7 Å². The highest BCUT2D eigenvalue weighted by molar-refractivity contribution is 6.11. The molecule has 1 amide bonds. The Labute approximate surface area is 143 Å². The van der Waals surface area contributed by atoms with Crippen LogP contribution in [-0.2, 0) is 0 Å². The smallest absolute Gasteiger partial charge is 0.271 e. The molecule has 0 saturated carbocycles. The molecule has 0 aliphatic carbocycles. The lowest BCUT2D eigenvalue weighted by Crippen LogP contribution is -2.17. The number of H-pyrrole nitrogens is 1. The lowest BCUT2D eigenvalue weighted by atomic mass is 10.1. The Morgan fingerprint density at radius 1 is 1.04 bits per heavy atom. The van der Waals surface area contributed by atoms with Gasteiger partial charge in [-0.15, -0.1) is 0 Å². The fourth-order valence-electron chi connectivity index (χ4n) is 2.87. The number of nitrogens with zero attached hydrogens (tertiary/aromatic N) is 1. The third kappa shape index (κ3) is 2.83. The lowest BCUT2D eigenvalue weighted by molar-refractivity contribution is 0.0954. The molecule has 4 aromatic rings. The number of aromatic nitrogens is 1. The first-order valence-electron chi connectivity index (χ1n) is 7.83. The van der Waals surface area contributed by atoms with Crippen LogP contribution < -0.4 is 5.43 Å². The molecule has 5 heteroatoms. The molecule has 0 aliphatic heterocycles. The fraction of sp³-hybridized carbons (Fsp3) is 0. The molecule has 0 fully saturated rings. The second kappa shape index (κ2) is 6.13. The second-order valence-corrected chi connectivity index (χ2v) is 5.70. The number of carbonyl (C=O) groups excluding carboxylic acids is 1. The number of hydrazone groups is 1. The van der Waals surface area contributed by atoms with Crippen molar-refractivity contribution < 1.29 is 9.90 Å². The molecule has 4 rings (SSSR count). The van der Waals surface area contributed by atoms with E-state index in [1.165, 1.54) is 12.1 Å². The van der Waals surface area contributed by atoms with E-state index in [1.54, 1.807) is 18.3 Å². The van der Waals surface area contributed by atoms with E-state index < -0.39 is 0 Å². The molecule has 3 N–H and O–H groups in total. The maximum absolute atomic E-state index is 12.0. The number of nitrogens with one attached hydrogen (secondary N) is 2. The Morgan fingerprint density at radius 3 is 2.80 bits per heavy atom. The number of benzene rings is 3. The van der Waals surface area contributed by atoms with Gasteiger partial charge in [-0.1, -0.05) is 42.5 Å². The maximum atomic E-state index is 12.0. The summed E-state index contributed by atoms with van der Waals surface area (Å²) in [7, 11) is 0. The first-order chi connectivity index (χ1) is 12.2. The number of aromatic hydroxyl groups is 1. The maximum Gasteiger partial charge on any atom is 0.271 e. The lowest BCUT2D eigenvalue weighted by Gasteiger charge is -2.00. The second-order valence-electron chi connectivity index (χ2n) is 5.70. The minimum absolute atomic E-state index is 0.0418. The van der Waals surface area contributed by atoms with Crippen LogP contribution in [-0.4, -0.2) is 22.2 Å². The number of fused-ring (bicyclic) bond motifs is 3. The molecular weight excluding hydrogens is 314 g/mol. The highest BCUT2D eigenvalue weighted by Crippen LogP contribution is 2.26. The number of hydrogen-bond donors (Lipinski definition) is 3. The summed E-state index contributed by atoms with van der Waals surface area (Å²) in [5.74, 6) is -0.336. The molecule has 0 bridgehead atoms. The fourth-order valence-corrected chi connectivity index (χ4v) is 2.87. The number of carbonyl (C=O) groups is 1. The van der Waals surface area contributed by atoms with E-state index in [0.717, 1.165) is 27.2 Å². The van der Waals surface area contributed by atoms with Gasteiger partial charge < -0.3 is 10.1 Å². The van der Waals surface area contributed by atoms with E-state index >= 15 is 0 Å². The Hall–Kier alpha value is -3.60. The topological polar surface area (TPSA) is 77.5 Å². The molecule has 3 aromatic carbocycles. The third-order valence-corrected chi connectivity index (χ3v) is 4.09. The third-order valence-electron chi connectivity index (χ3n) is 4.09. The van der Waals surface area contributed by atoms with Crippen LogP contribution in [0.15, 0.2) is 72.0 Å². The van der Waals surface area contributed by atoms with Gasteiger partial charge in [-0.25, -0.2) is 5.43 Å². The van der Waals surface area contributed by atoms with E-state index in [-0.39, 0.29) is 11.7 Å². The van der Waals surface area contributed by atoms with E-state index in [0.29, 0.717) is 5.56 Å². The van der Waals surface area contributed by atoms with Gasteiger partial charge in [0.25, 0.3) is 5.91 Å². The Bertz CT molecular complexity index is 1110. The molecule has 1 aromatic heterocycles. The van der Waals surface area contributed by atoms with Gasteiger partial charge in [-0.05, 0) is 23.6 Å². The normalized spacial score (nSPS) is 11.4. The summed E-state index contributed by atoms with van der Waals surface area (Å²) < 4.78 is 0. The Balaban J connectivity index is 1.59. The average Bonchev–Trinajstić information content (AvgIpc) is 3.05. The Morgan fingerprint density at radius 2 is 1.92 bits per heavy atom. The molecule has 1 heterocycles. The summed E-state index contributed by atoms with van der Waals surface area (Å²) in [6, 6.07) is 18.4. The quantitative estimate of drug-likeness (QED) is 0.395. The van der Waals surface area contributed by atoms with Gasteiger partial charge in [-0.2, -0.15) is 5.10 Å². The number of phenolic OH excluding ortho intramolecular Hbond substituents is 1. The zero-order chi connectivity index (χ0) is 17.2. The van der Waals surface area contributed by atoms with Crippen molar-refractivity contribution in [2.45, 2.75) is 0 Å². The number of phenols is 1. The molecule has 0 radical (unpaired) electrons. The van der Waals surface area contributed by atoms with Crippen LogP contribution in [0.3, 0.4) is 0 Å². The summed E-state index contributed by atoms with van der Waals surface area (Å²) in [5.41, 5.74) is 4.75. The summed E-state index contributed by atoms with van der Waals surface area (Å²) >= 11 is 0. The van der Waals surface area contributed by atoms with Crippen LogP contribution in [0.1, 0.15) is 15.9 Å². The molecule has 0 unspecified atom stereocenters. The van der Waals surface area contributed by atoms with Crippen LogP contribution in [0.4, 0.5) is 0 Å². The predicted octanol–water partition coefficient (Wildman–Crippen LogP) is 3.79. The van der Waals surface area contributed by atoms with Gasteiger partial charge >= 0.3 is 0 Å². The standard InChI is InChI=1S/C20H15N3O2/c24-16-6-3-5-14(10-16)20(25)23-22-12-15-11-21-19-17-7-2-1-4-13(17)8-9-18(15)19/h1-12,21,24H,(H,23,25). The number of rotatable bonds is 3. The van der Waals surface area contributed by atoms with Gasteiger partial charge in [0, 0.05) is 28.1 Å². The zero-order valence-corrected chi connectivity index (χ0v) is 13.2. The van der Waals surface area contributed by atoms with Gasteiger partial charge in [0.15, 0.2) is 0 Å². The van der Waals surface area contributed by atoms with Crippen molar-refractivity contribution >= 4 is 33.8 Å². The van der Waals surface area contributed by atoms with Crippen LogP contribution in [0.25, 0.3) is 21.7 Å². The SMILES string of the molecule is O=C(NN=Cc1c[nH]c2c1ccc1ccccc12)c1cccc(O)c1. The van der Waals surface area contributed by atoms with Crippen LogP contribution in [0.2, 0.25) is 0 Å². The molecule has 0 spiro atoms. The minimum Gasteiger partial charge on any atom is -0.508 e. The van der Waals surface area contributed by atoms with Gasteiger partial charge in [0.05, 0.1) is 11.7 Å². The van der Waals surface area contributed by atoms with E-state index in [9.17, 15) is 9.90 Å². The molecule has 0 aliphatic rings. The zero-order valence-electron chi connectivity index (χ0n) is 13.2. The number of amides is 1. The number of hydrogen-bond acceptors (Lipinski definition) is 3. The average molecular weight is 329 g/mol. The Kier molecular flexibility index (Phi) is 3.67. The van der Waals surface area contributed by atoms with Crippen molar-refractivity contribution in [1.29, 1.82) is 0 Å². The molecule has 5 nitrogen and oxygen atoms in total. The van der Waals surface area contributed by atoms with Crippen molar-refractivity contribution in [1.82, 2.24) is 10.4 Å². The highest BCUT2D eigenvalue weighted by Gasteiger charge is 2.07. The highest BCUT2D eigenvalue weighted by atomic mass is 16.3. The van der Waals surface area contributed by atoms with E-state index in [1.807, 2.05) is 24.4 Å². The van der Waals surface area contributed by atoms with Crippen LogP contribution >= 0.6 is 0 Å². The van der Waals surface area contributed by atoms with E-state index in [4.69, 9.17) is 0 Å². The molecule has 122 valence electrons. The van der Waals surface area contributed by atoms with Crippen LogP contribution in [0.5, 0.6) is 5.75 Å². The van der Waals surface area contributed by atoms with Gasteiger partial charge in [0.1, 0.15) is 5.75 Å². The van der Waals surface area contributed by atoms with Crippen molar-refractivity contribution in [3.8, 4) is 5.75 Å².